The Morgan fingerprint density at radius 2 is 2.26 bits per heavy atom. The van der Waals surface area contributed by atoms with E-state index in [1.54, 1.807) is 0 Å². The quantitative estimate of drug-likeness (QED) is 0.801. The van der Waals surface area contributed by atoms with Crippen molar-refractivity contribution in [3.63, 3.8) is 0 Å². The van der Waals surface area contributed by atoms with Crippen LogP contribution in [0, 0.1) is 0 Å². The summed E-state index contributed by atoms with van der Waals surface area (Å²) in [6.07, 6.45) is 2.26. The SMILES string of the molecule is O=S(=O)(NCCCc1cccc(Br)c1)[C@H]1CCOC1. The molecule has 0 aromatic heterocycles. The van der Waals surface area contributed by atoms with Crippen LogP contribution in [0.3, 0.4) is 0 Å². The maximum atomic E-state index is 11.9. The Morgan fingerprint density at radius 1 is 1.42 bits per heavy atom. The molecule has 106 valence electrons. The number of sulfonamides is 1. The number of hydrogen-bond acceptors (Lipinski definition) is 3. The van der Waals surface area contributed by atoms with Crippen LogP contribution in [-0.4, -0.2) is 33.4 Å². The number of rotatable bonds is 6. The van der Waals surface area contributed by atoms with Crippen molar-refractivity contribution in [2.24, 2.45) is 0 Å². The predicted molar refractivity (Wildman–Crippen MR) is 78.6 cm³/mol. The van der Waals surface area contributed by atoms with Crippen LogP contribution >= 0.6 is 15.9 Å². The Morgan fingerprint density at radius 3 is 2.95 bits per heavy atom. The lowest BCUT2D eigenvalue weighted by atomic mass is 10.1. The van der Waals surface area contributed by atoms with Gasteiger partial charge in [0.1, 0.15) is 5.25 Å². The number of benzene rings is 1. The second-order valence-corrected chi connectivity index (χ2v) is 7.62. The van der Waals surface area contributed by atoms with Gasteiger partial charge in [0.25, 0.3) is 0 Å². The summed E-state index contributed by atoms with van der Waals surface area (Å²) in [7, 11) is -3.21. The van der Waals surface area contributed by atoms with E-state index in [2.05, 4.69) is 26.7 Å². The van der Waals surface area contributed by atoms with Gasteiger partial charge in [0.15, 0.2) is 0 Å². The van der Waals surface area contributed by atoms with Gasteiger partial charge in [-0.15, -0.1) is 0 Å². The van der Waals surface area contributed by atoms with Gasteiger partial charge in [0.2, 0.25) is 10.0 Å². The number of aryl methyl sites for hydroxylation is 1. The summed E-state index contributed by atoms with van der Waals surface area (Å²) in [6.45, 7) is 1.34. The van der Waals surface area contributed by atoms with Crippen LogP contribution < -0.4 is 4.72 Å². The molecule has 1 fully saturated rings. The van der Waals surface area contributed by atoms with Crippen molar-refractivity contribution in [2.45, 2.75) is 24.5 Å². The summed E-state index contributed by atoms with van der Waals surface area (Å²) in [5.41, 5.74) is 1.21. The highest BCUT2D eigenvalue weighted by atomic mass is 79.9. The van der Waals surface area contributed by atoms with E-state index in [1.807, 2.05) is 18.2 Å². The molecule has 1 saturated heterocycles. The molecule has 0 saturated carbocycles. The highest BCUT2D eigenvalue weighted by molar-refractivity contribution is 9.10. The van der Waals surface area contributed by atoms with Crippen LogP contribution in [0.2, 0.25) is 0 Å². The van der Waals surface area contributed by atoms with Crippen LogP contribution in [0.15, 0.2) is 28.7 Å². The lowest BCUT2D eigenvalue weighted by molar-refractivity contribution is 0.198. The first-order chi connectivity index (χ1) is 9.08. The smallest absolute Gasteiger partial charge is 0.216 e. The van der Waals surface area contributed by atoms with Gasteiger partial charge >= 0.3 is 0 Å². The van der Waals surface area contributed by atoms with E-state index in [-0.39, 0.29) is 5.25 Å². The zero-order valence-electron chi connectivity index (χ0n) is 10.6. The molecule has 19 heavy (non-hydrogen) atoms. The molecule has 1 N–H and O–H groups in total. The van der Waals surface area contributed by atoms with E-state index >= 15 is 0 Å². The molecule has 6 heteroatoms. The Bertz CT molecular complexity index is 512. The third-order valence-corrected chi connectivity index (χ3v) is 5.51. The van der Waals surface area contributed by atoms with Crippen LogP contribution in [0.25, 0.3) is 0 Å². The van der Waals surface area contributed by atoms with Crippen molar-refractivity contribution < 1.29 is 13.2 Å². The number of ether oxygens (including phenoxy) is 1. The van der Waals surface area contributed by atoms with E-state index in [0.717, 1.165) is 17.3 Å². The maximum Gasteiger partial charge on any atom is 0.216 e. The fraction of sp³-hybridized carbons (Fsp3) is 0.538. The van der Waals surface area contributed by atoms with E-state index in [9.17, 15) is 8.42 Å². The van der Waals surface area contributed by atoms with Gasteiger partial charge in [0, 0.05) is 17.6 Å². The number of hydrogen-bond donors (Lipinski definition) is 1. The Balaban J connectivity index is 1.74. The predicted octanol–water partition coefficient (Wildman–Crippen LogP) is 2.09. The van der Waals surface area contributed by atoms with E-state index < -0.39 is 10.0 Å². The molecular weight excluding hydrogens is 330 g/mol. The minimum atomic E-state index is -3.21. The largest absolute Gasteiger partial charge is 0.380 e. The summed E-state index contributed by atoms with van der Waals surface area (Å²) in [6, 6.07) is 8.06. The minimum absolute atomic E-state index is 0.320. The molecule has 1 aliphatic heterocycles. The molecule has 0 radical (unpaired) electrons. The van der Waals surface area contributed by atoms with Crippen molar-refractivity contribution in [1.82, 2.24) is 4.72 Å². The zero-order valence-corrected chi connectivity index (χ0v) is 13.0. The molecule has 1 aliphatic rings. The van der Waals surface area contributed by atoms with E-state index in [0.29, 0.717) is 26.2 Å². The van der Waals surface area contributed by atoms with Crippen molar-refractivity contribution in [1.29, 1.82) is 0 Å². The van der Waals surface area contributed by atoms with Crippen LogP contribution in [0.4, 0.5) is 0 Å². The second kappa shape index (κ2) is 6.83. The third-order valence-electron chi connectivity index (χ3n) is 3.16. The number of halogens is 1. The maximum absolute atomic E-state index is 11.9. The Labute approximate surface area is 122 Å². The van der Waals surface area contributed by atoms with Crippen LogP contribution in [0.1, 0.15) is 18.4 Å². The van der Waals surface area contributed by atoms with Gasteiger partial charge in [-0.3, -0.25) is 0 Å². The van der Waals surface area contributed by atoms with E-state index in [1.165, 1.54) is 5.56 Å². The van der Waals surface area contributed by atoms with Crippen molar-refractivity contribution >= 4 is 26.0 Å². The monoisotopic (exact) mass is 347 g/mol. The highest BCUT2D eigenvalue weighted by Crippen LogP contribution is 2.14. The minimum Gasteiger partial charge on any atom is -0.380 e. The van der Waals surface area contributed by atoms with Crippen molar-refractivity contribution in [3.05, 3.63) is 34.3 Å². The summed E-state index contributed by atoms with van der Waals surface area (Å²) in [5.74, 6) is 0. The van der Waals surface area contributed by atoms with Gasteiger partial charge in [-0.25, -0.2) is 13.1 Å². The molecular formula is C13H18BrNO3S. The lowest BCUT2D eigenvalue weighted by Crippen LogP contribution is -2.35. The molecule has 0 bridgehead atoms. The van der Waals surface area contributed by atoms with Crippen LogP contribution in [-0.2, 0) is 21.2 Å². The first-order valence-electron chi connectivity index (χ1n) is 6.38. The normalized spacial score (nSPS) is 19.7. The first kappa shape index (κ1) is 15.0. The van der Waals surface area contributed by atoms with Gasteiger partial charge in [-0.1, -0.05) is 28.1 Å². The molecule has 1 atom stereocenters. The first-order valence-corrected chi connectivity index (χ1v) is 8.72. The molecule has 2 rings (SSSR count). The molecule has 1 aromatic carbocycles. The van der Waals surface area contributed by atoms with Gasteiger partial charge in [0.05, 0.1) is 6.61 Å². The molecule has 1 heterocycles. The Kier molecular flexibility index (Phi) is 5.38. The van der Waals surface area contributed by atoms with E-state index in [4.69, 9.17) is 4.74 Å². The topological polar surface area (TPSA) is 55.4 Å². The summed E-state index contributed by atoms with van der Waals surface area (Å²) < 4.78 is 32.6. The molecule has 0 spiro atoms. The summed E-state index contributed by atoms with van der Waals surface area (Å²) in [4.78, 5) is 0. The summed E-state index contributed by atoms with van der Waals surface area (Å²) in [5, 5.41) is -0.377. The van der Waals surface area contributed by atoms with Crippen molar-refractivity contribution in [3.8, 4) is 0 Å². The second-order valence-electron chi connectivity index (χ2n) is 4.66. The number of nitrogens with one attached hydrogen (secondary N) is 1. The standard InChI is InChI=1S/C13H18BrNO3S/c14-12-5-1-3-11(9-12)4-2-7-15-19(16,17)13-6-8-18-10-13/h1,3,5,9,13,15H,2,4,6-8,10H2/t13-/m0/s1. The fourth-order valence-corrected chi connectivity index (χ4v) is 3.87. The molecule has 0 amide bonds. The fourth-order valence-electron chi connectivity index (χ4n) is 2.07. The zero-order chi connectivity index (χ0) is 13.7. The highest BCUT2D eigenvalue weighted by Gasteiger charge is 2.28. The molecule has 4 nitrogen and oxygen atoms in total. The van der Waals surface area contributed by atoms with Crippen molar-refractivity contribution in [2.75, 3.05) is 19.8 Å². The lowest BCUT2D eigenvalue weighted by Gasteiger charge is -2.11. The van der Waals surface area contributed by atoms with Gasteiger partial charge in [-0.05, 0) is 37.0 Å². The van der Waals surface area contributed by atoms with Gasteiger partial charge < -0.3 is 4.74 Å². The average Bonchev–Trinajstić information content (AvgIpc) is 2.89. The Hall–Kier alpha value is -0.430. The third kappa shape index (κ3) is 4.56. The van der Waals surface area contributed by atoms with Crippen LogP contribution in [0.5, 0.6) is 0 Å². The summed E-state index contributed by atoms with van der Waals surface area (Å²) >= 11 is 3.42. The van der Waals surface area contributed by atoms with Gasteiger partial charge in [-0.2, -0.15) is 0 Å². The molecule has 0 aliphatic carbocycles. The molecule has 0 unspecified atom stereocenters. The molecule has 1 aromatic rings. The average molecular weight is 348 g/mol.